The molecule has 3 unspecified atom stereocenters. The number of rotatable bonds is 2. The lowest BCUT2D eigenvalue weighted by Gasteiger charge is -2.26. The largest absolute Gasteiger partial charge is 0.481 e. The van der Waals surface area contributed by atoms with Gasteiger partial charge in [0.15, 0.2) is 0 Å². The van der Waals surface area contributed by atoms with Gasteiger partial charge in [0.1, 0.15) is 0 Å². The molecule has 3 atom stereocenters. The fourth-order valence-corrected chi connectivity index (χ4v) is 3.25. The van der Waals surface area contributed by atoms with Gasteiger partial charge in [-0.2, -0.15) is 0 Å². The van der Waals surface area contributed by atoms with E-state index >= 15 is 0 Å². The summed E-state index contributed by atoms with van der Waals surface area (Å²) in [6, 6.07) is 9.76. The van der Waals surface area contributed by atoms with Crippen molar-refractivity contribution in [1.29, 1.82) is 0 Å². The second kappa shape index (κ2) is 2.84. The molecule has 0 aromatic heterocycles. The van der Waals surface area contributed by atoms with Gasteiger partial charge < -0.3 is 5.11 Å². The average Bonchev–Trinajstić information content (AvgIpc) is 2.94. The van der Waals surface area contributed by atoms with Crippen LogP contribution in [-0.4, -0.2) is 11.1 Å². The van der Waals surface area contributed by atoms with Crippen molar-refractivity contribution in [3.05, 3.63) is 35.9 Å². The van der Waals surface area contributed by atoms with Gasteiger partial charge in [-0.3, -0.25) is 4.79 Å². The zero-order chi connectivity index (χ0) is 10.5. The van der Waals surface area contributed by atoms with Crippen molar-refractivity contribution in [3.63, 3.8) is 0 Å². The Bertz CT molecular complexity index is 398. The Kier molecular flexibility index (Phi) is 1.70. The second-order valence-corrected chi connectivity index (χ2v) is 4.78. The predicted molar refractivity (Wildman–Crippen MR) is 56.6 cm³/mol. The highest BCUT2D eigenvalue weighted by Crippen LogP contribution is 2.62. The molecule has 1 aromatic carbocycles. The first-order chi connectivity index (χ1) is 7.25. The van der Waals surface area contributed by atoms with Crippen LogP contribution in [0.1, 0.15) is 24.8 Å². The van der Waals surface area contributed by atoms with Crippen LogP contribution in [0.15, 0.2) is 30.3 Å². The minimum atomic E-state index is -0.626. The molecule has 1 N–H and O–H groups in total. The lowest BCUT2D eigenvalue weighted by Crippen LogP contribution is -2.36. The first kappa shape index (κ1) is 8.96. The Balaban J connectivity index is 2.09. The smallest absolute Gasteiger partial charge is 0.314 e. The second-order valence-electron chi connectivity index (χ2n) is 4.78. The van der Waals surface area contributed by atoms with E-state index in [1.54, 1.807) is 0 Å². The van der Waals surface area contributed by atoms with E-state index in [0.717, 1.165) is 24.8 Å². The summed E-state index contributed by atoms with van der Waals surface area (Å²) in [5.41, 5.74) is 0.439. The molecular formula is C13H14O2. The molecule has 0 spiro atoms. The number of carboxylic acid groups (broad SMARTS) is 1. The molecule has 0 saturated heterocycles. The SMILES string of the molecule is O=C(O)C1(c2ccccc2)CCC2CC21. The molecule has 2 nitrogen and oxygen atoms in total. The van der Waals surface area contributed by atoms with Gasteiger partial charge in [0, 0.05) is 0 Å². The molecule has 2 fully saturated rings. The summed E-state index contributed by atoms with van der Waals surface area (Å²) >= 11 is 0. The van der Waals surface area contributed by atoms with Crippen LogP contribution in [0.2, 0.25) is 0 Å². The van der Waals surface area contributed by atoms with E-state index in [-0.39, 0.29) is 0 Å². The summed E-state index contributed by atoms with van der Waals surface area (Å²) in [7, 11) is 0. The molecule has 0 heterocycles. The molecule has 0 bridgehead atoms. The number of benzene rings is 1. The third-order valence-electron chi connectivity index (χ3n) is 4.14. The Morgan fingerprint density at radius 3 is 2.53 bits per heavy atom. The van der Waals surface area contributed by atoms with Crippen LogP contribution in [0, 0.1) is 11.8 Å². The van der Waals surface area contributed by atoms with Gasteiger partial charge in [-0.15, -0.1) is 0 Å². The first-order valence-electron chi connectivity index (χ1n) is 5.54. The van der Waals surface area contributed by atoms with E-state index in [0.29, 0.717) is 11.8 Å². The lowest BCUT2D eigenvalue weighted by atomic mass is 9.76. The minimum absolute atomic E-state index is 0.400. The van der Waals surface area contributed by atoms with Crippen LogP contribution in [-0.2, 0) is 10.2 Å². The van der Waals surface area contributed by atoms with Crippen LogP contribution in [0.4, 0.5) is 0 Å². The molecule has 1 aromatic rings. The Hall–Kier alpha value is -1.31. The van der Waals surface area contributed by atoms with Crippen LogP contribution in [0.3, 0.4) is 0 Å². The standard InChI is InChI=1S/C13H14O2/c14-12(15)13(7-6-9-8-11(9)13)10-4-2-1-3-5-10/h1-5,9,11H,6-8H2,(H,14,15). The van der Waals surface area contributed by atoms with Crippen molar-refractivity contribution in [3.8, 4) is 0 Å². The average molecular weight is 202 g/mol. The summed E-state index contributed by atoms with van der Waals surface area (Å²) < 4.78 is 0. The van der Waals surface area contributed by atoms with E-state index in [9.17, 15) is 9.90 Å². The van der Waals surface area contributed by atoms with Gasteiger partial charge in [0.25, 0.3) is 0 Å². The number of aliphatic carboxylic acids is 1. The third-order valence-corrected chi connectivity index (χ3v) is 4.14. The van der Waals surface area contributed by atoms with Crippen LogP contribution >= 0.6 is 0 Å². The number of carboxylic acids is 1. The van der Waals surface area contributed by atoms with Gasteiger partial charge in [0.05, 0.1) is 5.41 Å². The molecule has 2 aliphatic rings. The zero-order valence-electron chi connectivity index (χ0n) is 8.52. The minimum Gasteiger partial charge on any atom is -0.481 e. The van der Waals surface area contributed by atoms with E-state index in [2.05, 4.69) is 0 Å². The Labute approximate surface area is 88.9 Å². The normalized spacial score (nSPS) is 37.3. The van der Waals surface area contributed by atoms with Gasteiger partial charge in [0.2, 0.25) is 0 Å². The monoisotopic (exact) mass is 202 g/mol. The van der Waals surface area contributed by atoms with E-state index < -0.39 is 11.4 Å². The highest BCUT2D eigenvalue weighted by molar-refractivity contribution is 5.83. The molecule has 0 aliphatic heterocycles. The number of carbonyl (C=O) groups is 1. The highest BCUT2D eigenvalue weighted by Gasteiger charge is 2.62. The fraction of sp³-hybridized carbons (Fsp3) is 0.462. The summed E-state index contributed by atoms with van der Waals surface area (Å²) in [5, 5.41) is 9.51. The zero-order valence-corrected chi connectivity index (χ0v) is 8.52. The van der Waals surface area contributed by atoms with E-state index in [1.807, 2.05) is 30.3 Å². The van der Waals surface area contributed by atoms with Crippen molar-refractivity contribution in [2.24, 2.45) is 11.8 Å². The highest BCUT2D eigenvalue weighted by atomic mass is 16.4. The van der Waals surface area contributed by atoms with Crippen molar-refractivity contribution in [2.75, 3.05) is 0 Å². The summed E-state index contributed by atoms with van der Waals surface area (Å²) in [5.74, 6) is 0.456. The number of fused-ring (bicyclic) bond motifs is 1. The van der Waals surface area contributed by atoms with Gasteiger partial charge in [-0.1, -0.05) is 30.3 Å². The Morgan fingerprint density at radius 2 is 2.07 bits per heavy atom. The van der Waals surface area contributed by atoms with E-state index in [4.69, 9.17) is 0 Å². The number of hydrogen-bond donors (Lipinski definition) is 1. The van der Waals surface area contributed by atoms with Gasteiger partial charge in [-0.05, 0) is 36.7 Å². The molecule has 0 radical (unpaired) electrons. The summed E-state index contributed by atoms with van der Waals surface area (Å²) in [6.45, 7) is 0. The van der Waals surface area contributed by atoms with Crippen LogP contribution < -0.4 is 0 Å². The molecule has 2 heteroatoms. The molecule has 15 heavy (non-hydrogen) atoms. The molecule has 2 saturated carbocycles. The van der Waals surface area contributed by atoms with Crippen molar-refractivity contribution >= 4 is 5.97 Å². The maximum absolute atomic E-state index is 11.6. The fourth-order valence-electron chi connectivity index (χ4n) is 3.25. The Morgan fingerprint density at radius 1 is 1.33 bits per heavy atom. The van der Waals surface area contributed by atoms with Crippen LogP contribution in [0.25, 0.3) is 0 Å². The predicted octanol–water partition coefficient (Wildman–Crippen LogP) is 2.44. The van der Waals surface area contributed by atoms with Gasteiger partial charge >= 0.3 is 5.97 Å². The van der Waals surface area contributed by atoms with Crippen molar-refractivity contribution < 1.29 is 9.90 Å². The molecule has 3 rings (SSSR count). The quantitative estimate of drug-likeness (QED) is 0.799. The van der Waals surface area contributed by atoms with E-state index in [1.165, 1.54) is 0 Å². The molecule has 2 aliphatic carbocycles. The number of hydrogen-bond acceptors (Lipinski definition) is 1. The maximum Gasteiger partial charge on any atom is 0.314 e. The molecular weight excluding hydrogens is 188 g/mol. The summed E-state index contributed by atoms with van der Waals surface area (Å²) in [4.78, 5) is 11.6. The van der Waals surface area contributed by atoms with Crippen molar-refractivity contribution in [2.45, 2.75) is 24.7 Å². The van der Waals surface area contributed by atoms with Crippen LogP contribution in [0.5, 0.6) is 0 Å². The first-order valence-corrected chi connectivity index (χ1v) is 5.54. The molecule has 0 amide bonds. The molecule has 78 valence electrons. The van der Waals surface area contributed by atoms with Gasteiger partial charge in [-0.25, -0.2) is 0 Å². The maximum atomic E-state index is 11.6. The lowest BCUT2D eigenvalue weighted by molar-refractivity contribution is -0.144. The van der Waals surface area contributed by atoms with Crippen molar-refractivity contribution in [1.82, 2.24) is 0 Å². The topological polar surface area (TPSA) is 37.3 Å². The third kappa shape index (κ3) is 1.08. The summed E-state index contributed by atoms with van der Waals surface area (Å²) in [6.07, 6.45) is 3.02.